The first-order valence-corrected chi connectivity index (χ1v) is 4.61. The lowest BCUT2D eigenvalue weighted by Gasteiger charge is -2.27. The Bertz CT molecular complexity index is 209. The summed E-state index contributed by atoms with van der Waals surface area (Å²) in [7, 11) is 3.12. The van der Waals surface area contributed by atoms with Crippen LogP contribution < -0.4 is 0 Å². The van der Waals surface area contributed by atoms with Gasteiger partial charge in [0.05, 0.1) is 18.8 Å². The van der Waals surface area contributed by atoms with E-state index >= 15 is 0 Å². The molecule has 1 N–H and O–H groups in total. The van der Waals surface area contributed by atoms with E-state index in [1.807, 2.05) is 0 Å². The van der Waals surface area contributed by atoms with Crippen LogP contribution in [0.1, 0.15) is 13.3 Å². The summed E-state index contributed by atoms with van der Waals surface area (Å²) in [6, 6.07) is -0.289. The van der Waals surface area contributed by atoms with Gasteiger partial charge in [-0.3, -0.25) is 4.79 Å². The van der Waals surface area contributed by atoms with Crippen LogP contribution in [0, 0.1) is 0 Å². The number of carbonyl (C=O) groups is 1. The summed E-state index contributed by atoms with van der Waals surface area (Å²) >= 11 is 0. The molecule has 0 spiro atoms. The summed E-state index contributed by atoms with van der Waals surface area (Å²) < 4.78 is 10.4. The van der Waals surface area contributed by atoms with E-state index in [1.165, 1.54) is 11.8 Å². The first-order chi connectivity index (χ1) is 6.65. The fraction of sp³-hybridized carbons (Fsp3) is 0.889. The summed E-state index contributed by atoms with van der Waals surface area (Å²) in [5, 5.41) is 9.17. The zero-order chi connectivity index (χ0) is 10.7. The third-order valence-corrected chi connectivity index (χ3v) is 2.66. The van der Waals surface area contributed by atoms with Crippen LogP contribution in [0.4, 0.5) is 0 Å². The molecule has 1 saturated heterocycles. The maximum absolute atomic E-state index is 11.3. The van der Waals surface area contributed by atoms with Crippen LogP contribution in [0.3, 0.4) is 0 Å². The number of hydrogen-bond acceptors (Lipinski definition) is 4. The summed E-state index contributed by atoms with van der Waals surface area (Å²) in [6.07, 6.45) is 0.182. The molecule has 0 saturated carbocycles. The molecule has 1 amide bonds. The maximum atomic E-state index is 11.3. The van der Waals surface area contributed by atoms with Gasteiger partial charge in [0.25, 0.3) is 0 Å². The number of amides is 1. The lowest BCUT2D eigenvalue weighted by atomic mass is 10.2. The van der Waals surface area contributed by atoms with E-state index in [4.69, 9.17) is 9.47 Å². The van der Waals surface area contributed by atoms with Crippen molar-refractivity contribution in [2.75, 3.05) is 20.8 Å². The largest absolute Gasteiger partial charge is 0.394 e. The number of carbonyl (C=O) groups excluding carboxylic acids is 1. The molecule has 5 nitrogen and oxygen atoms in total. The van der Waals surface area contributed by atoms with Crippen LogP contribution >= 0.6 is 0 Å². The molecule has 82 valence electrons. The highest BCUT2D eigenvalue weighted by molar-refractivity contribution is 5.74. The molecular weight excluding hydrogens is 186 g/mol. The van der Waals surface area contributed by atoms with Crippen LogP contribution in [0.15, 0.2) is 0 Å². The Balaban J connectivity index is 2.80. The van der Waals surface area contributed by atoms with Gasteiger partial charge in [-0.1, -0.05) is 0 Å². The van der Waals surface area contributed by atoms with Gasteiger partial charge in [-0.25, -0.2) is 0 Å². The second-order valence-electron chi connectivity index (χ2n) is 3.38. The number of ether oxygens (including phenoxy) is 2. The third-order valence-electron chi connectivity index (χ3n) is 2.66. The Labute approximate surface area is 83.6 Å². The molecule has 0 bridgehead atoms. The van der Waals surface area contributed by atoms with Gasteiger partial charge in [0.15, 0.2) is 0 Å². The molecule has 0 aromatic heterocycles. The molecule has 5 heteroatoms. The highest BCUT2D eigenvalue weighted by Crippen LogP contribution is 2.26. The lowest BCUT2D eigenvalue weighted by Crippen LogP contribution is -2.45. The van der Waals surface area contributed by atoms with Crippen molar-refractivity contribution in [3.63, 3.8) is 0 Å². The van der Waals surface area contributed by atoms with Crippen molar-refractivity contribution in [2.45, 2.75) is 31.7 Å². The Morgan fingerprint density at radius 1 is 1.50 bits per heavy atom. The summed E-state index contributed by atoms with van der Waals surface area (Å²) in [6.45, 7) is 1.37. The average molecular weight is 203 g/mol. The SMILES string of the molecule is CO[C@H]1C[C@H](OC)N(C(C)=O)[C@@H]1CO. The van der Waals surface area contributed by atoms with Crippen LogP contribution in [-0.2, 0) is 14.3 Å². The van der Waals surface area contributed by atoms with Crippen LogP contribution in [-0.4, -0.2) is 55.1 Å². The quantitative estimate of drug-likeness (QED) is 0.677. The van der Waals surface area contributed by atoms with E-state index in [9.17, 15) is 9.90 Å². The average Bonchev–Trinajstić information content (AvgIpc) is 2.54. The Morgan fingerprint density at radius 3 is 2.50 bits per heavy atom. The molecule has 14 heavy (non-hydrogen) atoms. The number of nitrogens with zero attached hydrogens (tertiary/aromatic N) is 1. The molecule has 1 rings (SSSR count). The van der Waals surface area contributed by atoms with E-state index in [0.29, 0.717) is 6.42 Å². The topological polar surface area (TPSA) is 59.0 Å². The second kappa shape index (κ2) is 4.72. The van der Waals surface area contributed by atoms with Gasteiger partial charge in [0.1, 0.15) is 6.23 Å². The Morgan fingerprint density at radius 2 is 2.14 bits per heavy atom. The fourth-order valence-electron chi connectivity index (χ4n) is 1.97. The van der Waals surface area contributed by atoms with Gasteiger partial charge < -0.3 is 19.5 Å². The van der Waals surface area contributed by atoms with Crippen molar-refractivity contribution in [1.82, 2.24) is 4.90 Å². The minimum absolute atomic E-state index is 0.0993. The van der Waals surface area contributed by atoms with Crippen molar-refractivity contribution in [1.29, 1.82) is 0 Å². The summed E-state index contributed by atoms with van der Waals surface area (Å²) in [5.41, 5.74) is 0. The maximum Gasteiger partial charge on any atom is 0.221 e. The molecule has 1 aliphatic heterocycles. The van der Waals surface area contributed by atoms with Gasteiger partial charge in [-0.2, -0.15) is 0 Å². The zero-order valence-corrected chi connectivity index (χ0v) is 8.77. The van der Waals surface area contributed by atoms with E-state index in [2.05, 4.69) is 0 Å². The van der Waals surface area contributed by atoms with E-state index in [-0.39, 0.29) is 30.9 Å². The Kier molecular flexibility index (Phi) is 3.86. The molecule has 0 radical (unpaired) electrons. The normalized spacial score (nSPS) is 32.3. The van der Waals surface area contributed by atoms with Crippen molar-refractivity contribution in [2.24, 2.45) is 0 Å². The zero-order valence-electron chi connectivity index (χ0n) is 8.77. The number of methoxy groups -OCH3 is 2. The Hall–Kier alpha value is -0.650. The van der Waals surface area contributed by atoms with Crippen molar-refractivity contribution < 1.29 is 19.4 Å². The minimum atomic E-state index is -0.289. The number of hydrogen-bond donors (Lipinski definition) is 1. The molecule has 1 heterocycles. The lowest BCUT2D eigenvalue weighted by molar-refractivity contribution is -0.142. The standard InChI is InChI=1S/C9H17NO4/c1-6(12)10-7(5-11)8(13-2)4-9(10)14-3/h7-9,11H,4-5H2,1-3H3/t7-,8+,9+/m1/s1. The van der Waals surface area contributed by atoms with Crippen molar-refractivity contribution in [3.05, 3.63) is 0 Å². The smallest absolute Gasteiger partial charge is 0.221 e. The van der Waals surface area contributed by atoms with Crippen molar-refractivity contribution >= 4 is 5.91 Å². The first kappa shape index (κ1) is 11.4. The second-order valence-corrected chi connectivity index (χ2v) is 3.38. The van der Waals surface area contributed by atoms with E-state index in [1.54, 1.807) is 14.2 Å². The van der Waals surface area contributed by atoms with Gasteiger partial charge in [-0.15, -0.1) is 0 Å². The molecule has 0 aromatic rings. The molecular formula is C9H17NO4. The monoisotopic (exact) mass is 203 g/mol. The molecule has 0 aromatic carbocycles. The number of likely N-dealkylation sites (tertiary alicyclic amines) is 1. The summed E-state index contributed by atoms with van der Waals surface area (Å²) in [5.74, 6) is -0.101. The molecule has 1 fully saturated rings. The van der Waals surface area contributed by atoms with Crippen LogP contribution in [0.2, 0.25) is 0 Å². The number of aliphatic hydroxyl groups excluding tert-OH is 1. The van der Waals surface area contributed by atoms with Gasteiger partial charge in [-0.05, 0) is 0 Å². The molecule has 0 aliphatic carbocycles. The van der Waals surface area contributed by atoms with E-state index < -0.39 is 0 Å². The van der Waals surface area contributed by atoms with Gasteiger partial charge in [0.2, 0.25) is 5.91 Å². The molecule has 0 unspecified atom stereocenters. The fourth-order valence-corrected chi connectivity index (χ4v) is 1.97. The minimum Gasteiger partial charge on any atom is -0.394 e. The van der Waals surface area contributed by atoms with Gasteiger partial charge in [0, 0.05) is 27.6 Å². The number of aliphatic hydroxyl groups is 1. The highest BCUT2D eigenvalue weighted by atomic mass is 16.5. The summed E-state index contributed by atoms with van der Waals surface area (Å²) in [4.78, 5) is 12.9. The van der Waals surface area contributed by atoms with Crippen molar-refractivity contribution in [3.8, 4) is 0 Å². The van der Waals surface area contributed by atoms with Gasteiger partial charge >= 0.3 is 0 Å². The van der Waals surface area contributed by atoms with Crippen LogP contribution in [0.25, 0.3) is 0 Å². The van der Waals surface area contributed by atoms with Crippen LogP contribution in [0.5, 0.6) is 0 Å². The third kappa shape index (κ3) is 1.89. The molecule has 3 atom stereocenters. The highest BCUT2D eigenvalue weighted by Gasteiger charge is 2.42. The molecule has 1 aliphatic rings. The first-order valence-electron chi connectivity index (χ1n) is 4.61. The number of rotatable bonds is 3. The predicted molar refractivity (Wildman–Crippen MR) is 49.6 cm³/mol. The predicted octanol–water partition coefficient (Wildman–Crippen LogP) is -0.413. The van der Waals surface area contributed by atoms with E-state index in [0.717, 1.165) is 0 Å².